The summed E-state index contributed by atoms with van der Waals surface area (Å²) >= 11 is 4.07. The van der Waals surface area contributed by atoms with E-state index >= 15 is 0 Å². The molecule has 0 spiro atoms. The molecule has 3 nitrogen and oxygen atoms in total. The lowest BCUT2D eigenvalue weighted by atomic mass is 10.1. The summed E-state index contributed by atoms with van der Waals surface area (Å²) in [7, 11) is 0. The van der Waals surface area contributed by atoms with Crippen LogP contribution in [-0.4, -0.2) is 37.6 Å². The van der Waals surface area contributed by atoms with Crippen LogP contribution in [0, 0.1) is 0 Å². The zero-order valence-electron chi connectivity index (χ0n) is 7.29. The van der Waals surface area contributed by atoms with E-state index in [-0.39, 0.29) is 11.4 Å². The summed E-state index contributed by atoms with van der Waals surface area (Å²) in [4.78, 5) is 15.1. The summed E-state index contributed by atoms with van der Waals surface area (Å²) in [5, 5.41) is 0.885. The number of hydrogen-bond donors (Lipinski definition) is 0. The third-order valence-electron chi connectivity index (χ3n) is 2.26. The molecule has 5 heteroatoms. The van der Waals surface area contributed by atoms with Gasteiger partial charge in [0.1, 0.15) is 12.0 Å². The van der Waals surface area contributed by atoms with Crippen LogP contribution in [0.1, 0.15) is 13.3 Å². The minimum absolute atomic E-state index is 0.0172. The lowest BCUT2D eigenvalue weighted by Crippen LogP contribution is -2.41. The highest BCUT2D eigenvalue weighted by atomic mass is 127. The summed E-state index contributed by atoms with van der Waals surface area (Å²) in [6.07, 6.45) is 2.43. The molecule has 0 saturated carbocycles. The molecular formula is C8H10IN2OS+. The number of carbonyl (C=O) groups excluding carboxylic acids is 1. The van der Waals surface area contributed by atoms with Crippen LogP contribution >= 0.6 is 34.4 Å². The predicted octanol–water partition coefficient (Wildman–Crippen LogP) is 1.30. The number of amides is 1. The summed E-state index contributed by atoms with van der Waals surface area (Å²) < 4.78 is 3.22. The second-order valence-electron chi connectivity index (χ2n) is 3.46. The van der Waals surface area contributed by atoms with Crippen LogP contribution < -0.4 is 0 Å². The number of amidine groups is 1. The fourth-order valence-electron chi connectivity index (χ4n) is 1.40. The highest BCUT2D eigenvalue weighted by Crippen LogP contribution is 2.31. The van der Waals surface area contributed by atoms with Crippen molar-refractivity contribution in [1.29, 1.82) is 0 Å². The average molecular weight is 309 g/mol. The molecule has 0 aliphatic carbocycles. The molecule has 2 aliphatic rings. The number of alkyl halides is 1. The number of rotatable bonds is 1. The van der Waals surface area contributed by atoms with Crippen LogP contribution in [-0.2, 0) is 4.79 Å². The van der Waals surface area contributed by atoms with Gasteiger partial charge >= 0.3 is 11.1 Å². The second-order valence-corrected chi connectivity index (χ2v) is 5.17. The average Bonchev–Trinajstić information content (AvgIpc) is 2.45. The van der Waals surface area contributed by atoms with Crippen molar-refractivity contribution in [3.8, 4) is 0 Å². The normalized spacial score (nSPS) is 32.6. The molecule has 0 aromatic rings. The van der Waals surface area contributed by atoms with E-state index < -0.39 is 0 Å². The monoisotopic (exact) mass is 309 g/mol. The number of carbonyl (C=O) groups is 1. The van der Waals surface area contributed by atoms with Crippen molar-refractivity contribution < 1.29 is 9.37 Å². The molecule has 2 rings (SSSR count). The molecule has 1 unspecified atom stereocenters. The van der Waals surface area contributed by atoms with Gasteiger partial charge in [-0.05, 0) is 18.7 Å². The summed E-state index contributed by atoms with van der Waals surface area (Å²) in [6.45, 7) is 2.21. The summed E-state index contributed by atoms with van der Waals surface area (Å²) in [5.41, 5.74) is 0.157. The first-order valence-corrected chi connectivity index (χ1v) is 6.60. The first kappa shape index (κ1) is 9.64. The summed E-state index contributed by atoms with van der Waals surface area (Å²) in [5.74, 6) is 1.01. The van der Waals surface area contributed by atoms with E-state index in [0.717, 1.165) is 15.3 Å². The Kier molecular flexibility index (Phi) is 2.48. The maximum absolute atomic E-state index is 11.0. The molecule has 0 bridgehead atoms. The highest BCUT2D eigenvalue weighted by Gasteiger charge is 2.45. The van der Waals surface area contributed by atoms with Crippen molar-refractivity contribution in [2.24, 2.45) is 4.99 Å². The van der Waals surface area contributed by atoms with Gasteiger partial charge in [-0.15, -0.1) is 0 Å². The number of fused-ring (bicyclic) bond motifs is 1. The van der Waals surface area contributed by atoms with Gasteiger partial charge in [0.05, 0.1) is 6.21 Å². The number of hydrogen-bond acceptors (Lipinski definition) is 2. The van der Waals surface area contributed by atoms with Crippen molar-refractivity contribution in [2.75, 3.05) is 10.2 Å². The Morgan fingerprint density at radius 1 is 1.85 bits per heavy atom. The Balaban J connectivity index is 2.37. The molecule has 2 aliphatic heterocycles. The second kappa shape index (κ2) is 3.34. The zero-order chi connectivity index (χ0) is 9.47. The van der Waals surface area contributed by atoms with Gasteiger partial charge in [0.2, 0.25) is 0 Å². The number of thioether (sulfide) groups is 1. The SMILES string of the molecule is CC1(CI)CSC2=NC(=O)CC=[N+]21. The van der Waals surface area contributed by atoms with Crippen molar-refractivity contribution in [3.05, 3.63) is 0 Å². The lowest BCUT2D eigenvalue weighted by molar-refractivity contribution is -0.473. The highest BCUT2D eigenvalue weighted by molar-refractivity contribution is 14.1. The van der Waals surface area contributed by atoms with Gasteiger partial charge in [0.25, 0.3) is 0 Å². The third kappa shape index (κ3) is 1.56. The van der Waals surface area contributed by atoms with E-state index in [4.69, 9.17) is 0 Å². The predicted molar refractivity (Wildman–Crippen MR) is 63.1 cm³/mol. The maximum Gasteiger partial charge on any atom is 0.363 e. The van der Waals surface area contributed by atoms with Crippen LogP contribution in [0.3, 0.4) is 0 Å². The Labute approximate surface area is 94.8 Å². The molecule has 70 valence electrons. The Bertz CT molecular complexity index is 326. The van der Waals surface area contributed by atoms with Crippen LogP contribution in [0.4, 0.5) is 0 Å². The van der Waals surface area contributed by atoms with Crippen molar-refractivity contribution in [1.82, 2.24) is 0 Å². The molecule has 0 aromatic carbocycles. The van der Waals surface area contributed by atoms with Crippen molar-refractivity contribution in [2.45, 2.75) is 18.9 Å². The largest absolute Gasteiger partial charge is 0.363 e. The minimum Gasteiger partial charge on any atom is -0.242 e. The molecule has 0 N–H and O–H groups in total. The van der Waals surface area contributed by atoms with Crippen LogP contribution in [0.5, 0.6) is 0 Å². The fourth-order valence-corrected chi connectivity index (χ4v) is 3.68. The van der Waals surface area contributed by atoms with Gasteiger partial charge in [-0.25, -0.2) is 9.37 Å². The van der Waals surface area contributed by atoms with Crippen LogP contribution in [0.15, 0.2) is 4.99 Å². The van der Waals surface area contributed by atoms with Gasteiger partial charge in [-0.3, -0.25) is 0 Å². The third-order valence-corrected chi connectivity index (χ3v) is 5.21. The van der Waals surface area contributed by atoms with Crippen molar-refractivity contribution >= 4 is 51.6 Å². The molecule has 2 heterocycles. The number of halogens is 1. The Morgan fingerprint density at radius 3 is 3.31 bits per heavy atom. The molecule has 1 amide bonds. The molecule has 13 heavy (non-hydrogen) atoms. The molecule has 1 atom stereocenters. The first-order chi connectivity index (χ1) is 6.15. The van der Waals surface area contributed by atoms with E-state index in [1.54, 1.807) is 11.8 Å². The number of aliphatic imine (C=N–C) groups is 1. The number of nitrogens with zero attached hydrogens (tertiary/aromatic N) is 2. The van der Waals surface area contributed by atoms with E-state index in [2.05, 4.69) is 39.1 Å². The van der Waals surface area contributed by atoms with E-state index in [9.17, 15) is 4.79 Å². The lowest BCUT2D eigenvalue weighted by Gasteiger charge is -2.19. The Hall–Kier alpha value is 0.0900. The molecule has 1 saturated heterocycles. The quantitative estimate of drug-likeness (QED) is 0.415. The smallest absolute Gasteiger partial charge is 0.242 e. The molecule has 1 fully saturated rings. The van der Waals surface area contributed by atoms with Gasteiger partial charge in [-0.1, -0.05) is 22.6 Å². The van der Waals surface area contributed by atoms with Crippen molar-refractivity contribution in [3.63, 3.8) is 0 Å². The van der Waals surface area contributed by atoms with Gasteiger partial charge in [0.15, 0.2) is 0 Å². The van der Waals surface area contributed by atoms with Crippen LogP contribution in [0.25, 0.3) is 0 Å². The molecule has 0 radical (unpaired) electrons. The first-order valence-electron chi connectivity index (χ1n) is 4.09. The molecular weight excluding hydrogens is 299 g/mol. The van der Waals surface area contributed by atoms with E-state index in [1.165, 1.54) is 0 Å². The zero-order valence-corrected chi connectivity index (χ0v) is 10.3. The molecule has 0 aromatic heterocycles. The fraction of sp³-hybridized carbons (Fsp3) is 0.625. The Morgan fingerprint density at radius 2 is 2.62 bits per heavy atom. The van der Waals surface area contributed by atoms with Gasteiger partial charge in [-0.2, -0.15) is 0 Å². The standard InChI is InChI=1S/C8H10IN2OS/c1-8(4-9)5-13-7-10-6(12)2-3-11(7)8/h3H,2,4-5H2,1H3/q+1. The van der Waals surface area contributed by atoms with Gasteiger partial charge in [0, 0.05) is 15.2 Å². The summed E-state index contributed by atoms with van der Waals surface area (Å²) in [6, 6.07) is 0. The van der Waals surface area contributed by atoms with E-state index in [1.807, 2.05) is 6.21 Å². The maximum atomic E-state index is 11.0. The minimum atomic E-state index is -0.0172. The van der Waals surface area contributed by atoms with Crippen LogP contribution in [0.2, 0.25) is 0 Å². The van der Waals surface area contributed by atoms with Gasteiger partial charge < -0.3 is 0 Å². The topological polar surface area (TPSA) is 32.4 Å². The van der Waals surface area contributed by atoms with E-state index in [0.29, 0.717) is 6.42 Å².